The van der Waals surface area contributed by atoms with Gasteiger partial charge in [-0.3, -0.25) is 0 Å². The van der Waals surface area contributed by atoms with E-state index in [9.17, 15) is 5.11 Å². The number of pyridine rings is 1. The molecule has 0 fully saturated rings. The smallest absolute Gasteiger partial charge is 0.255 e. The van der Waals surface area contributed by atoms with Gasteiger partial charge in [0.15, 0.2) is 0 Å². The molecular formula is C11H14N4O2. The van der Waals surface area contributed by atoms with Crippen LogP contribution in [-0.2, 0) is 0 Å². The molecule has 6 nitrogen and oxygen atoms in total. The summed E-state index contributed by atoms with van der Waals surface area (Å²) in [6.07, 6.45) is -0.422. The first-order valence-electron chi connectivity index (χ1n) is 5.36. The first-order valence-corrected chi connectivity index (χ1v) is 5.36. The third-order valence-electron chi connectivity index (χ3n) is 2.28. The fourth-order valence-electron chi connectivity index (χ4n) is 1.42. The number of aromatic nitrogens is 3. The topological polar surface area (TPSA) is 98.1 Å². The molecule has 6 heteroatoms. The van der Waals surface area contributed by atoms with E-state index in [1.807, 2.05) is 19.1 Å². The molecule has 1 unspecified atom stereocenters. The maximum atomic E-state index is 9.64. The molecule has 0 amide bonds. The largest absolute Gasteiger partial charge is 0.383 e. The van der Waals surface area contributed by atoms with Crippen LogP contribution >= 0.6 is 0 Å². The van der Waals surface area contributed by atoms with Crippen molar-refractivity contribution < 1.29 is 9.63 Å². The number of nitrogens with zero attached hydrogens (tertiary/aromatic N) is 3. The molecule has 0 saturated carbocycles. The van der Waals surface area contributed by atoms with E-state index < -0.39 is 6.10 Å². The highest BCUT2D eigenvalue weighted by Gasteiger charge is 2.16. The minimum absolute atomic E-state index is 0.175. The van der Waals surface area contributed by atoms with Crippen molar-refractivity contribution in [1.82, 2.24) is 15.1 Å². The first-order chi connectivity index (χ1) is 8.20. The Bertz CT molecular complexity index is 498. The van der Waals surface area contributed by atoms with Crippen LogP contribution in [0.2, 0.25) is 0 Å². The lowest BCUT2D eigenvalue weighted by Gasteiger charge is -2.00. The van der Waals surface area contributed by atoms with Crippen molar-refractivity contribution >= 4 is 0 Å². The summed E-state index contributed by atoms with van der Waals surface area (Å²) in [5.41, 5.74) is 6.84. The molecule has 0 aliphatic heterocycles. The summed E-state index contributed by atoms with van der Waals surface area (Å²) >= 11 is 0. The lowest BCUT2D eigenvalue weighted by molar-refractivity contribution is 0.127. The highest BCUT2D eigenvalue weighted by Crippen LogP contribution is 2.18. The van der Waals surface area contributed by atoms with E-state index in [0.717, 1.165) is 5.69 Å². The zero-order chi connectivity index (χ0) is 12.3. The molecule has 2 heterocycles. The van der Waals surface area contributed by atoms with Gasteiger partial charge in [-0.1, -0.05) is 11.2 Å². The predicted molar refractivity (Wildman–Crippen MR) is 60.9 cm³/mol. The molecule has 90 valence electrons. The Morgan fingerprint density at radius 1 is 1.41 bits per heavy atom. The van der Waals surface area contributed by atoms with E-state index in [0.29, 0.717) is 24.5 Å². The van der Waals surface area contributed by atoms with Crippen molar-refractivity contribution in [2.45, 2.75) is 19.4 Å². The molecule has 2 aromatic rings. The predicted octanol–water partition coefficient (Wildman–Crippen LogP) is 0.822. The molecular weight excluding hydrogens is 220 g/mol. The number of hydrogen-bond acceptors (Lipinski definition) is 6. The molecule has 3 N–H and O–H groups in total. The SMILES string of the molecule is Cc1cccc(-c2noc(C(O)CCN)n2)n1. The summed E-state index contributed by atoms with van der Waals surface area (Å²) in [7, 11) is 0. The number of rotatable bonds is 4. The minimum atomic E-state index is -0.814. The van der Waals surface area contributed by atoms with Crippen LogP contribution in [0.3, 0.4) is 0 Å². The fourth-order valence-corrected chi connectivity index (χ4v) is 1.42. The highest BCUT2D eigenvalue weighted by atomic mass is 16.5. The fraction of sp³-hybridized carbons (Fsp3) is 0.364. The van der Waals surface area contributed by atoms with E-state index in [1.54, 1.807) is 6.07 Å². The van der Waals surface area contributed by atoms with Crippen molar-refractivity contribution in [2.24, 2.45) is 5.73 Å². The molecule has 0 aliphatic rings. The van der Waals surface area contributed by atoms with Crippen molar-refractivity contribution in [3.8, 4) is 11.5 Å². The van der Waals surface area contributed by atoms with Crippen molar-refractivity contribution in [3.63, 3.8) is 0 Å². The van der Waals surface area contributed by atoms with Gasteiger partial charge in [-0.25, -0.2) is 4.98 Å². The Kier molecular flexibility index (Phi) is 3.46. The average Bonchev–Trinajstić information content (AvgIpc) is 2.78. The van der Waals surface area contributed by atoms with E-state index in [2.05, 4.69) is 15.1 Å². The zero-order valence-corrected chi connectivity index (χ0v) is 9.50. The van der Waals surface area contributed by atoms with Gasteiger partial charge in [0.05, 0.1) is 0 Å². The second-order valence-corrected chi connectivity index (χ2v) is 3.71. The lowest BCUT2D eigenvalue weighted by Crippen LogP contribution is -2.06. The van der Waals surface area contributed by atoms with Crippen LogP contribution in [0.1, 0.15) is 24.1 Å². The molecule has 2 rings (SSSR count). The molecule has 2 aromatic heterocycles. The summed E-state index contributed by atoms with van der Waals surface area (Å²) in [6.45, 7) is 2.25. The van der Waals surface area contributed by atoms with Gasteiger partial charge in [0, 0.05) is 5.69 Å². The van der Waals surface area contributed by atoms with Crippen LogP contribution in [0.25, 0.3) is 11.5 Å². The molecule has 0 bridgehead atoms. The third kappa shape index (κ3) is 2.66. The molecule has 1 atom stereocenters. The number of aliphatic hydroxyl groups is 1. The normalized spacial score (nSPS) is 12.6. The van der Waals surface area contributed by atoms with E-state index >= 15 is 0 Å². The number of aliphatic hydroxyl groups excluding tert-OH is 1. The molecule has 0 radical (unpaired) electrons. The van der Waals surface area contributed by atoms with Gasteiger partial charge in [0.25, 0.3) is 5.89 Å². The number of aryl methyl sites for hydroxylation is 1. The minimum Gasteiger partial charge on any atom is -0.383 e. The summed E-state index contributed by atoms with van der Waals surface area (Å²) in [5.74, 6) is 0.550. The quantitative estimate of drug-likeness (QED) is 0.812. The maximum absolute atomic E-state index is 9.64. The number of hydrogen-bond donors (Lipinski definition) is 2. The second-order valence-electron chi connectivity index (χ2n) is 3.71. The summed E-state index contributed by atoms with van der Waals surface area (Å²) in [4.78, 5) is 8.37. The van der Waals surface area contributed by atoms with Crippen molar-refractivity contribution in [1.29, 1.82) is 0 Å². The monoisotopic (exact) mass is 234 g/mol. The van der Waals surface area contributed by atoms with E-state index in [1.165, 1.54) is 0 Å². The van der Waals surface area contributed by atoms with Crippen LogP contribution in [-0.4, -0.2) is 26.8 Å². The van der Waals surface area contributed by atoms with Crippen LogP contribution in [0.4, 0.5) is 0 Å². The number of nitrogens with two attached hydrogens (primary N) is 1. The van der Waals surface area contributed by atoms with Gasteiger partial charge in [0.2, 0.25) is 5.82 Å². The molecule has 0 aliphatic carbocycles. The molecule has 0 aromatic carbocycles. The summed E-state index contributed by atoms with van der Waals surface area (Å²) < 4.78 is 4.97. The Hall–Kier alpha value is -1.79. The van der Waals surface area contributed by atoms with Gasteiger partial charge in [0.1, 0.15) is 11.8 Å². The Labute approximate surface area is 98.5 Å². The first kappa shape index (κ1) is 11.7. The van der Waals surface area contributed by atoms with E-state index in [4.69, 9.17) is 10.3 Å². The maximum Gasteiger partial charge on any atom is 0.255 e. The Morgan fingerprint density at radius 2 is 2.24 bits per heavy atom. The lowest BCUT2D eigenvalue weighted by atomic mass is 10.2. The standard InChI is InChI=1S/C11H14N4O2/c1-7-3-2-4-8(13-7)10-14-11(17-15-10)9(16)5-6-12/h2-4,9,16H,5-6,12H2,1H3. The van der Waals surface area contributed by atoms with Crippen LogP contribution in [0.5, 0.6) is 0 Å². The molecule has 0 saturated heterocycles. The van der Waals surface area contributed by atoms with Crippen LogP contribution in [0.15, 0.2) is 22.7 Å². The van der Waals surface area contributed by atoms with Gasteiger partial charge in [-0.05, 0) is 32.0 Å². The molecule has 0 spiro atoms. The summed E-state index contributed by atoms with van der Waals surface area (Å²) in [5, 5.41) is 13.4. The second kappa shape index (κ2) is 5.03. The third-order valence-corrected chi connectivity index (χ3v) is 2.28. The highest BCUT2D eigenvalue weighted by molar-refractivity contribution is 5.48. The van der Waals surface area contributed by atoms with Gasteiger partial charge in [-0.2, -0.15) is 4.98 Å². The van der Waals surface area contributed by atoms with E-state index in [-0.39, 0.29) is 5.89 Å². The average molecular weight is 234 g/mol. The van der Waals surface area contributed by atoms with Crippen molar-refractivity contribution in [3.05, 3.63) is 29.8 Å². The summed E-state index contributed by atoms with van der Waals surface area (Å²) in [6, 6.07) is 5.54. The van der Waals surface area contributed by atoms with Crippen LogP contribution < -0.4 is 5.73 Å². The molecule has 17 heavy (non-hydrogen) atoms. The van der Waals surface area contributed by atoms with Gasteiger partial charge < -0.3 is 15.4 Å². The van der Waals surface area contributed by atoms with Gasteiger partial charge in [-0.15, -0.1) is 0 Å². The van der Waals surface area contributed by atoms with Gasteiger partial charge >= 0.3 is 0 Å². The zero-order valence-electron chi connectivity index (χ0n) is 9.50. The van der Waals surface area contributed by atoms with Crippen molar-refractivity contribution in [2.75, 3.05) is 6.54 Å². The Morgan fingerprint density at radius 3 is 2.94 bits per heavy atom. The Balaban J connectivity index is 2.23. The van der Waals surface area contributed by atoms with Crippen LogP contribution in [0, 0.1) is 6.92 Å².